The van der Waals surface area contributed by atoms with Gasteiger partial charge in [0.2, 0.25) is 0 Å². The van der Waals surface area contributed by atoms with Crippen LogP contribution in [0.2, 0.25) is 0 Å². The van der Waals surface area contributed by atoms with Gasteiger partial charge >= 0.3 is 12.1 Å². The third-order valence-corrected chi connectivity index (χ3v) is 9.76. The van der Waals surface area contributed by atoms with Gasteiger partial charge in [-0.15, -0.1) is 0 Å². The summed E-state index contributed by atoms with van der Waals surface area (Å²) in [6, 6.07) is 19.3. The van der Waals surface area contributed by atoms with Crippen molar-refractivity contribution < 1.29 is 32.9 Å². The summed E-state index contributed by atoms with van der Waals surface area (Å²) >= 11 is 2.03. The number of carboxylic acids is 1. The van der Waals surface area contributed by atoms with E-state index in [-0.39, 0.29) is 0 Å². The zero-order valence-corrected chi connectivity index (χ0v) is 26.7. The Morgan fingerprint density at radius 2 is 1.61 bits per heavy atom. The number of aliphatic hydroxyl groups is 1. The standard InChI is InChI=1S/C30H46N4O2S.C2HF3O2/c1-4-29(31-24-30(37-3)14-16-32(2)17-15-30)25-10-12-28(13-11-25)36-23-27(35)22-33-18-20-34(21-19-33)26-8-6-5-7-9-26;3-2(4,5)1(6)7/h5-13,27,29,31,35H,4,14-24H2,1-3H3;(H,6,7). The van der Waals surface area contributed by atoms with Gasteiger partial charge in [0.15, 0.2) is 0 Å². The number of aliphatic carboxylic acids is 1. The van der Waals surface area contributed by atoms with Gasteiger partial charge in [0.25, 0.3) is 0 Å². The second kappa shape index (κ2) is 17.3. The highest BCUT2D eigenvalue weighted by molar-refractivity contribution is 8.00. The quantitative estimate of drug-likeness (QED) is 0.304. The molecule has 2 fully saturated rings. The highest BCUT2D eigenvalue weighted by Crippen LogP contribution is 2.34. The molecule has 0 amide bonds. The van der Waals surface area contributed by atoms with Crippen molar-refractivity contribution in [1.29, 1.82) is 0 Å². The highest BCUT2D eigenvalue weighted by Gasteiger charge is 2.38. The van der Waals surface area contributed by atoms with Crippen molar-refractivity contribution >= 4 is 23.4 Å². The Labute approximate surface area is 263 Å². The number of likely N-dealkylation sites (tertiary alicyclic amines) is 1. The topological polar surface area (TPSA) is 88.5 Å². The van der Waals surface area contributed by atoms with Crippen LogP contribution in [0.4, 0.5) is 18.9 Å². The Morgan fingerprint density at radius 3 is 2.14 bits per heavy atom. The minimum absolute atomic E-state index is 0.318. The third-order valence-electron chi connectivity index (χ3n) is 8.34. The number of piperazine rings is 1. The molecular formula is C32H47F3N4O4S. The number of rotatable bonds is 12. The fourth-order valence-corrected chi connectivity index (χ4v) is 6.27. The first kappa shape index (κ1) is 36.0. The first-order valence-electron chi connectivity index (χ1n) is 15.1. The number of ether oxygens (including phenoxy) is 1. The van der Waals surface area contributed by atoms with Crippen LogP contribution in [0.1, 0.15) is 37.8 Å². The number of benzene rings is 2. The zero-order valence-electron chi connectivity index (χ0n) is 25.9. The average Bonchev–Trinajstić information content (AvgIpc) is 3.02. The third kappa shape index (κ3) is 11.4. The second-order valence-electron chi connectivity index (χ2n) is 11.5. The van der Waals surface area contributed by atoms with E-state index >= 15 is 0 Å². The Morgan fingerprint density at radius 1 is 1.02 bits per heavy atom. The molecule has 0 bridgehead atoms. The maximum absolute atomic E-state index is 10.6. The predicted octanol–water partition coefficient (Wildman–Crippen LogP) is 4.75. The maximum atomic E-state index is 10.6. The van der Waals surface area contributed by atoms with E-state index < -0.39 is 18.2 Å². The van der Waals surface area contributed by atoms with Crippen LogP contribution >= 0.6 is 11.8 Å². The number of anilines is 1. The molecule has 0 saturated carbocycles. The van der Waals surface area contributed by atoms with E-state index in [1.807, 2.05) is 23.9 Å². The molecule has 44 heavy (non-hydrogen) atoms. The molecule has 0 aliphatic carbocycles. The summed E-state index contributed by atoms with van der Waals surface area (Å²) in [5.41, 5.74) is 2.58. The van der Waals surface area contributed by atoms with E-state index in [1.165, 1.54) is 37.2 Å². The van der Waals surface area contributed by atoms with Crippen molar-refractivity contribution in [1.82, 2.24) is 15.1 Å². The molecule has 2 unspecified atom stereocenters. The van der Waals surface area contributed by atoms with Crippen LogP contribution in [-0.4, -0.2) is 115 Å². The molecule has 2 aliphatic rings. The number of piperidine rings is 1. The van der Waals surface area contributed by atoms with E-state index in [1.54, 1.807) is 0 Å². The fraction of sp³-hybridized carbons (Fsp3) is 0.594. The number of β-amino-alcohol motifs (C(OH)–C–C–N with tert-alkyl or cyclic N) is 1. The molecule has 12 heteroatoms. The zero-order chi connectivity index (χ0) is 32.2. The number of hydrogen-bond donors (Lipinski definition) is 3. The van der Waals surface area contributed by atoms with Crippen LogP contribution in [-0.2, 0) is 4.79 Å². The first-order chi connectivity index (χ1) is 20.9. The van der Waals surface area contributed by atoms with Crippen LogP contribution in [0.5, 0.6) is 5.75 Å². The normalized spacial score (nSPS) is 19.0. The molecule has 4 rings (SSSR count). The number of carbonyl (C=O) groups is 1. The molecule has 8 nitrogen and oxygen atoms in total. The van der Waals surface area contributed by atoms with Crippen molar-refractivity contribution in [3.05, 3.63) is 60.2 Å². The molecule has 246 valence electrons. The van der Waals surface area contributed by atoms with Crippen LogP contribution in [0.3, 0.4) is 0 Å². The Balaban J connectivity index is 0.000000676. The van der Waals surface area contributed by atoms with Gasteiger partial charge < -0.3 is 30.1 Å². The van der Waals surface area contributed by atoms with E-state index in [0.29, 0.717) is 23.9 Å². The van der Waals surface area contributed by atoms with E-state index in [9.17, 15) is 18.3 Å². The van der Waals surface area contributed by atoms with Gasteiger partial charge in [-0.05, 0) is 75.5 Å². The number of aliphatic hydroxyl groups excluding tert-OH is 1. The van der Waals surface area contributed by atoms with Gasteiger partial charge in [0.1, 0.15) is 18.5 Å². The lowest BCUT2D eigenvalue weighted by molar-refractivity contribution is -0.192. The van der Waals surface area contributed by atoms with Gasteiger partial charge in [-0.25, -0.2) is 4.79 Å². The molecule has 0 spiro atoms. The van der Waals surface area contributed by atoms with Crippen LogP contribution in [0, 0.1) is 0 Å². The monoisotopic (exact) mass is 640 g/mol. The number of para-hydroxylation sites is 1. The average molecular weight is 641 g/mol. The Bertz CT molecular complexity index is 1110. The summed E-state index contributed by atoms with van der Waals surface area (Å²) in [5.74, 6) is -1.94. The molecular weight excluding hydrogens is 593 g/mol. The number of thioether (sulfide) groups is 1. The number of alkyl halides is 3. The van der Waals surface area contributed by atoms with Gasteiger partial charge in [0.05, 0.1) is 0 Å². The van der Waals surface area contributed by atoms with Gasteiger partial charge in [0, 0.05) is 55.7 Å². The summed E-state index contributed by atoms with van der Waals surface area (Å²) < 4.78 is 38.0. The molecule has 0 radical (unpaired) electrons. The van der Waals surface area contributed by atoms with Gasteiger partial charge in [-0.2, -0.15) is 24.9 Å². The fourth-order valence-electron chi connectivity index (χ4n) is 5.45. The van der Waals surface area contributed by atoms with E-state index in [4.69, 9.17) is 14.6 Å². The van der Waals surface area contributed by atoms with Crippen LogP contribution in [0.25, 0.3) is 0 Å². The van der Waals surface area contributed by atoms with E-state index in [0.717, 1.165) is 44.9 Å². The smallest absolute Gasteiger partial charge is 0.490 e. The predicted molar refractivity (Wildman–Crippen MR) is 171 cm³/mol. The van der Waals surface area contributed by atoms with Gasteiger partial charge in [-0.1, -0.05) is 37.3 Å². The van der Waals surface area contributed by atoms with E-state index in [2.05, 4.69) is 82.7 Å². The lowest BCUT2D eigenvalue weighted by atomic mass is 9.94. The molecule has 2 aliphatic heterocycles. The van der Waals surface area contributed by atoms with Crippen molar-refractivity contribution in [3.8, 4) is 5.75 Å². The number of halogens is 3. The molecule has 2 atom stereocenters. The first-order valence-corrected chi connectivity index (χ1v) is 16.4. The molecule has 3 N–H and O–H groups in total. The number of nitrogens with one attached hydrogen (secondary N) is 1. The summed E-state index contributed by atoms with van der Waals surface area (Å²) in [7, 11) is 2.22. The molecule has 2 heterocycles. The van der Waals surface area contributed by atoms with Crippen molar-refractivity contribution in [2.45, 2.75) is 49.3 Å². The number of carboxylic acid groups (broad SMARTS) is 1. The molecule has 2 saturated heterocycles. The highest BCUT2D eigenvalue weighted by atomic mass is 32.2. The lowest BCUT2D eigenvalue weighted by Gasteiger charge is -2.40. The minimum atomic E-state index is -5.08. The van der Waals surface area contributed by atoms with Crippen molar-refractivity contribution in [3.63, 3.8) is 0 Å². The molecule has 2 aromatic rings. The molecule has 2 aromatic carbocycles. The largest absolute Gasteiger partial charge is 0.491 e. The SMILES string of the molecule is CCC(NCC1(SC)CCN(C)CC1)c1ccc(OCC(O)CN2CCN(c3ccccc3)CC2)cc1.O=C(O)C(F)(F)F. The maximum Gasteiger partial charge on any atom is 0.490 e. The number of hydrogen-bond acceptors (Lipinski definition) is 8. The van der Waals surface area contributed by atoms with Crippen molar-refractivity contribution in [2.75, 3.05) is 77.2 Å². The lowest BCUT2D eigenvalue weighted by Crippen LogP contribution is -2.49. The van der Waals surface area contributed by atoms with Gasteiger partial charge in [-0.3, -0.25) is 4.90 Å². The summed E-state index contributed by atoms with van der Waals surface area (Å²) in [6.45, 7) is 10.5. The number of nitrogens with zero attached hydrogens (tertiary/aromatic N) is 3. The summed E-state index contributed by atoms with van der Waals surface area (Å²) in [5, 5.41) is 21.6. The van der Waals surface area contributed by atoms with Crippen LogP contribution in [0.15, 0.2) is 54.6 Å². The molecule has 0 aromatic heterocycles. The summed E-state index contributed by atoms with van der Waals surface area (Å²) in [4.78, 5) is 16.1. The Hall–Kier alpha value is -2.51. The minimum Gasteiger partial charge on any atom is -0.491 e. The van der Waals surface area contributed by atoms with Crippen LogP contribution < -0.4 is 15.0 Å². The Kier molecular flexibility index (Phi) is 14.1. The van der Waals surface area contributed by atoms with Crippen molar-refractivity contribution in [2.24, 2.45) is 0 Å². The second-order valence-corrected chi connectivity index (χ2v) is 12.8. The summed E-state index contributed by atoms with van der Waals surface area (Å²) in [6.07, 6.45) is 0.225.